The predicted molar refractivity (Wildman–Crippen MR) is 81.3 cm³/mol. The first kappa shape index (κ1) is 13.6. The van der Waals surface area contributed by atoms with Crippen LogP contribution in [0.15, 0.2) is 22.7 Å². The fraction of sp³-hybridized carbons (Fsp3) is 0.625. The van der Waals surface area contributed by atoms with E-state index < -0.39 is 0 Å². The normalized spacial score (nSPS) is 29.7. The van der Waals surface area contributed by atoms with Gasteiger partial charge in [-0.3, -0.25) is 0 Å². The molecule has 0 spiro atoms. The van der Waals surface area contributed by atoms with Gasteiger partial charge in [-0.2, -0.15) is 0 Å². The molecule has 0 amide bonds. The Balaban J connectivity index is 1.62. The Hall–Kier alpha value is -0.380. The van der Waals surface area contributed by atoms with Crippen LogP contribution in [0.2, 0.25) is 0 Å². The monoisotopic (exact) mass is 323 g/mol. The highest BCUT2D eigenvalue weighted by atomic mass is 79.9. The van der Waals surface area contributed by atoms with Crippen molar-refractivity contribution in [3.8, 4) is 0 Å². The third kappa shape index (κ3) is 2.74. The summed E-state index contributed by atoms with van der Waals surface area (Å²) in [5.41, 5.74) is 2.98. The van der Waals surface area contributed by atoms with Gasteiger partial charge in [-0.15, -0.1) is 0 Å². The number of halogens is 1. The van der Waals surface area contributed by atoms with E-state index in [-0.39, 0.29) is 0 Å². The van der Waals surface area contributed by atoms with Gasteiger partial charge >= 0.3 is 0 Å². The lowest BCUT2D eigenvalue weighted by molar-refractivity contribution is 0.0866. The molecule has 19 heavy (non-hydrogen) atoms. The molecular formula is C16H22BrNO. The molecule has 1 aliphatic heterocycles. The minimum Gasteiger partial charge on any atom is -0.378 e. The van der Waals surface area contributed by atoms with Crippen molar-refractivity contribution < 1.29 is 4.74 Å². The molecule has 3 atom stereocenters. The summed E-state index contributed by atoms with van der Waals surface area (Å²) >= 11 is 3.67. The van der Waals surface area contributed by atoms with Crippen LogP contribution in [0.1, 0.15) is 43.4 Å². The smallest absolute Gasteiger partial charge is 0.0613 e. The Bertz CT molecular complexity index is 448. The van der Waals surface area contributed by atoms with Gasteiger partial charge in [0.2, 0.25) is 0 Å². The van der Waals surface area contributed by atoms with Crippen LogP contribution in [0.3, 0.4) is 0 Å². The maximum Gasteiger partial charge on any atom is 0.0613 e. The van der Waals surface area contributed by atoms with Gasteiger partial charge in [0.1, 0.15) is 0 Å². The lowest BCUT2D eigenvalue weighted by Gasteiger charge is -2.21. The van der Waals surface area contributed by atoms with Crippen molar-refractivity contribution in [1.82, 2.24) is 5.32 Å². The molecule has 1 N–H and O–H groups in total. The fourth-order valence-corrected chi connectivity index (χ4v) is 4.07. The lowest BCUT2D eigenvalue weighted by atomic mass is 9.98. The minimum absolute atomic E-state index is 0.468. The van der Waals surface area contributed by atoms with Crippen LogP contribution in [0.25, 0.3) is 0 Å². The van der Waals surface area contributed by atoms with Crippen molar-refractivity contribution in [3.63, 3.8) is 0 Å². The third-order valence-electron chi connectivity index (χ3n) is 4.59. The summed E-state index contributed by atoms with van der Waals surface area (Å²) in [5, 5.41) is 3.77. The van der Waals surface area contributed by atoms with Gasteiger partial charge in [-0.25, -0.2) is 0 Å². The fourth-order valence-electron chi connectivity index (χ4n) is 3.49. The number of hydrogen-bond donors (Lipinski definition) is 1. The Morgan fingerprint density at radius 2 is 2.26 bits per heavy atom. The summed E-state index contributed by atoms with van der Waals surface area (Å²) < 4.78 is 7.04. The van der Waals surface area contributed by atoms with Crippen molar-refractivity contribution in [1.29, 1.82) is 0 Å². The van der Waals surface area contributed by atoms with Crippen molar-refractivity contribution in [3.05, 3.63) is 33.8 Å². The van der Waals surface area contributed by atoms with Crippen LogP contribution in [-0.4, -0.2) is 19.3 Å². The quantitative estimate of drug-likeness (QED) is 0.908. The van der Waals surface area contributed by atoms with Gasteiger partial charge in [0.15, 0.2) is 0 Å². The van der Waals surface area contributed by atoms with E-state index in [1.807, 2.05) is 0 Å². The maximum absolute atomic E-state index is 5.77. The predicted octanol–water partition coefficient (Wildman–Crippen LogP) is 3.84. The van der Waals surface area contributed by atoms with E-state index in [0.29, 0.717) is 18.1 Å². The Kier molecular flexibility index (Phi) is 4.25. The summed E-state index contributed by atoms with van der Waals surface area (Å²) in [4.78, 5) is 0. The molecule has 1 fully saturated rings. The molecule has 0 bridgehead atoms. The van der Waals surface area contributed by atoms with E-state index in [4.69, 9.17) is 4.74 Å². The second-order valence-electron chi connectivity index (χ2n) is 5.67. The van der Waals surface area contributed by atoms with Crippen LogP contribution in [-0.2, 0) is 11.2 Å². The van der Waals surface area contributed by atoms with E-state index >= 15 is 0 Å². The van der Waals surface area contributed by atoms with Crippen LogP contribution in [0.5, 0.6) is 0 Å². The molecule has 2 aliphatic rings. The first-order valence-electron chi connectivity index (χ1n) is 7.42. The number of rotatable bonds is 4. The second-order valence-corrected chi connectivity index (χ2v) is 6.53. The summed E-state index contributed by atoms with van der Waals surface area (Å²) in [6.45, 7) is 4.26. The van der Waals surface area contributed by atoms with Gasteiger partial charge in [-0.05, 0) is 48.8 Å². The third-order valence-corrected chi connectivity index (χ3v) is 5.33. The van der Waals surface area contributed by atoms with Crippen molar-refractivity contribution in [2.75, 3.05) is 13.2 Å². The molecule has 0 radical (unpaired) electrons. The first-order valence-corrected chi connectivity index (χ1v) is 8.21. The SMILES string of the molecule is CCC1OCCC1CNC1CCc2c(Br)cccc21. The molecule has 3 heteroatoms. The molecule has 1 aromatic rings. The van der Waals surface area contributed by atoms with E-state index in [1.54, 1.807) is 0 Å². The Morgan fingerprint density at radius 1 is 1.37 bits per heavy atom. The summed E-state index contributed by atoms with van der Waals surface area (Å²) in [7, 11) is 0. The van der Waals surface area contributed by atoms with Crippen molar-refractivity contribution in [2.24, 2.45) is 5.92 Å². The van der Waals surface area contributed by atoms with E-state index in [0.717, 1.165) is 19.6 Å². The number of fused-ring (bicyclic) bond motifs is 1. The summed E-state index contributed by atoms with van der Waals surface area (Å²) in [5.74, 6) is 0.696. The molecule has 3 rings (SSSR count). The number of ether oxygens (including phenoxy) is 1. The zero-order valence-electron chi connectivity index (χ0n) is 11.5. The largest absolute Gasteiger partial charge is 0.378 e. The summed E-state index contributed by atoms with van der Waals surface area (Å²) in [6.07, 6.45) is 5.23. The van der Waals surface area contributed by atoms with E-state index in [2.05, 4.69) is 46.4 Å². The number of nitrogens with one attached hydrogen (secondary N) is 1. The van der Waals surface area contributed by atoms with Crippen LogP contribution >= 0.6 is 15.9 Å². The zero-order valence-corrected chi connectivity index (χ0v) is 13.1. The second kappa shape index (κ2) is 5.94. The molecule has 1 saturated heterocycles. The average Bonchev–Trinajstić information content (AvgIpc) is 3.03. The van der Waals surface area contributed by atoms with E-state index in [9.17, 15) is 0 Å². The van der Waals surface area contributed by atoms with Crippen LogP contribution in [0, 0.1) is 5.92 Å². The Morgan fingerprint density at radius 3 is 3.11 bits per heavy atom. The lowest BCUT2D eigenvalue weighted by Crippen LogP contribution is -2.30. The average molecular weight is 324 g/mol. The van der Waals surface area contributed by atoms with Crippen molar-refractivity contribution >= 4 is 15.9 Å². The molecule has 104 valence electrons. The minimum atomic E-state index is 0.468. The van der Waals surface area contributed by atoms with Crippen LogP contribution < -0.4 is 5.32 Å². The highest BCUT2D eigenvalue weighted by Gasteiger charge is 2.29. The van der Waals surface area contributed by atoms with Gasteiger partial charge in [0, 0.05) is 23.7 Å². The van der Waals surface area contributed by atoms with Crippen LogP contribution in [0.4, 0.5) is 0 Å². The molecule has 0 saturated carbocycles. The molecule has 1 aromatic carbocycles. The Labute approximate surface area is 124 Å². The standard InChI is InChI=1S/C16H22BrNO/c1-2-16-11(8-9-19-16)10-18-15-7-6-12-13(15)4-3-5-14(12)17/h3-5,11,15-16,18H,2,6-10H2,1H3. The molecule has 1 aliphatic carbocycles. The van der Waals surface area contributed by atoms with Gasteiger partial charge < -0.3 is 10.1 Å². The van der Waals surface area contributed by atoms with Gasteiger partial charge in [0.05, 0.1) is 6.10 Å². The molecule has 3 unspecified atom stereocenters. The van der Waals surface area contributed by atoms with Crippen molar-refractivity contribution in [2.45, 2.75) is 44.8 Å². The zero-order chi connectivity index (χ0) is 13.2. The topological polar surface area (TPSA) is 21.3 Å². The first-order chi connectivity index (χ1) is 9.29. The molecule has 2 nitrogen and oxygen atoms in total. The van der Waals surface area contributed by atoms with E-state index in [1.165, 1.54) is 34.9 Å². The maximum atomic E-state index is 5.77. The highest BCUT2D eigenvalue weighted by molar-refractivity contribution is 9.10. The van der Waals surface area contributed by atoms with Gasteiger partial charge in [0.25, 0.3) is 0 Å². The summed E-state index contributed by atoms with van der Waals surface area (Å²) in [6, 6.07) is 7.11. The van der Waals surface area contributed by atoms with Gasteiger partial charge in [-0.1, -0.05) is 35.0 Å². The number of hydrogen-bond acceptors (Lipinski definition) is 2. The number of benzene rings is 1. The molecular weight excluding hydrogens is 302 g/mol. The molecule has 0 aromatic heterocycles. The molecule has 1 heterocycles. The highest BCUT2D eigenvalue weighted by Crippen LogP contribution is 2.36.